The number of methoxy groups -OCH3 is 1. The van der Waals surface area contributed by atoms with E-state index < -0.39 is 16.1 Å². The average molecular weight is 461 g/mol. The van der Waals surface area contributed by atoms with Crippen molar-refractivity contribution < 1.29 is 9.53 Å². The maximum absolute atomic E-state index is 13.5. The minimum atomic E-state index is -2.11. The minimum Gasteiger partial charge on any atom is -0.469 e. The van der Waals surface area contributed by atoms with Crippen molar-refractivity contribution in [3.8, 4) is 0 Å². The lowest BCUT2D eigenvalue weighted by Crippen LogP contribution is -2.56. The van der Waals surface area contributed by atoms with E-state index in [0.717, 1.165) is 0 Å². The highest BCUT2D eigenvalue weighted by Gasteiger charge is 2.49. The molecule has 0 amide bonds. The zero-order valence-electron chi connectivity index (χ0n) is 20.2. The Labute approximate surface area is 195 Å². The quantitative estimate of drug-likeness (QED) is 0.317. The summed E-state index contributed by atoms with van der Waals surface area (Å²) in [6.45, 7) is 11.9. The number of ether oxygens (including phenoxy) is 1. The highest BCUT2D eigenvalue weighted by atomic mass is 28.3. The molecule has 0 unspecified atom stereocenters. The first kappa shape index (κ1) is 24.2. The zero-order chi connectivity index (χ0) is 23.4. The monoisotopic (exact) mass is 460 g/mol. The Morgan fingerprint density at radius 1 is 0.688 bits per heavy atom. The molecule has 168 valence electrons. The van der Waals surface area contributed by atoms with E-state index in [1.54, 1.807) is 0 Å². The van der Waals surface area contributed by atoms with Crippen LogP contribution in [-0.2, 0) is 9.53 Å². The molecule has 2 nitrogen and oxygen atoms in total. The molecule has 0 aliphatic heterocycles. The van der Waals surface area contributed by atoms with E-state index in [9.17, 15) is 4.79 Å². The van der Waals surface area contributed by atoms with Gasteiger partial charge in [0.2, 0.25) is 0 Å². The lowest BCUT2D eigenvalue weighted by Gasteiger charge is -2.44. The number of carbonyl (C=O) groups excluding carboxylic acids is 1. The third kappa shape index (κ3) is 4.81. The summed E-state index contributed by atoms with van der Waals surface area (Å²) in [4.78, 5) is 13.5. The summed E-state index contributed by atoms with van der Waals surface area (Å²) >= 11 is 0. The SMILES string of the molecule is COC(=O)[C@H]([C@@H](C)[Si](C)(C)c1ccccc1)[C@@H](c1ccccc1)[Si](C)(C)c1ccccc1. The number of esters is 1. The van der Waals surface area contributed by atoms with Crippen LogP contribution in [0.4, 0.5) is 0 Å². The highest BCUT2D eigenvalue weighted by Crippen LogP contribution is 2.44. The second kappa shape index (κ2) is 10.0. The van der Waals surface area contributed by atoms with Gasteiger partial charge >= 0.3 is 5.97 Å². The van der Waals surface area contributed by atoms with Gasteiger partial charge < -0.3 is 4.74 Å². The molecule has 3 aromatic rings. The Hall–Kier alpha value is -2.44. The Bertz CT molecular complexity index is 1000. The normalized spacial score (nSPS) is 14.9. The van der Waals surface area contributed by atoms with Gasteiger partial charge in [0, 0.05) is 0 Å². The maximum atomic E-state index is 13.5. The van der Waals surface area contributed by atoms with Crippen molar-refractivity contribution in [2.45, 2.75) is 44.2 Å². The predicted molar refractivity (Wildman–Crippen MR) is 141 cm³/mol. The van der Waals surface area contributed by atoms with Gasteiger partial charge in [0.25, 0.3) is 0 Å². The van der Waals surface area contributed by atoms with Crippen molar-refractivity contribution >= 4 is 32.5 Å². The highest BCUT2D eigenvalue weighted by molar-refractivity contribution is 6.92. The van der Waals surface area contributed by atoms with Gasteiger partial charge in [-0.05, 0) is 16.6 Å². The maximum Gasteiger partial charge on any atom is 0.308 e. The lowest BCUT2D eigenvalue weighted by molar-refractivity contribution is -0.145. The molecule has 3 rings (SSSR count). The van der Waals surface area contributed by atoms with Gasteiger partial charge in [-0.2, -0.15) is 0 Å². The van der Waals surface area contributed by atoms with Crippen molar-refractivity contribution in [2.75, 3.05) is 7.11 Å². The van der Waals surface area contributed by atoms with Gasteiger partial charge in [-0.25, -0.2) is 0 Å². The van der Waals surface area contributed by atoms with E-state index in [2.05, 4.69) is 124 Å². The number of benzene rings is 3. The molecule has 0 saturated heterocycles. The van der Waals surface area contributed by atoms with Crippen molar-refractivity contribution in [1.29, 1.82) is 0 Å². The van der Waals surface area contributed by atoms with E-state index in [1.807, 2.05) is 0 Å². The van der Waals surface area contributed by atoms with Gasteiger partial charge in [-0.15, -0.1) is 0 Å². The molecule has 0 N–H and O–H groups in total. The third-order valence-electron chi connectivity index (χ3n) is 7.48. The molecule has 0 aliphatic carbocycles. The van der Waals surface area contributed by atoms with Crippen LogP contribution in [-0.4, -0.2) is 29.2 Å². The molecular weight excluding hydrogens is 424 g/mol. The molecule has 0 heterocycles. The second-order valence-electron chi connectivity index (χ2n) is 9.90. The van der Waals surface area contributed by atoms with Crippen LogP contribution in [0.25, 0.3) is 0 Å². The van der Waals surface area contributed by atoms with Gasteiger partial charge in [0.15, 0.2) is 0 Å². The molecule has 0 saturated carbocycles. The van der Waals surface area contributed by atoms with Crippen molar-refractivity contribution in [2.24, 2.45) is 5.92 Å². The van der Waals surface area contributed by atoms with Gasteiger partial charge in [-0.3, -0.25) is 4.79 Å². The first-order valence-corrected chi connectivity index (χ1v) is 17.6. The van der Waals surface area contributed by atoms with Gasteiger partial charge in [0.05, 0.1) is 29.2 Å². The molecule has 4 heteroatoms. The Balaban J connectivity index is 2.19. The first-order chi connectivity index (χ1) is 15.2. The summed E-state index contributed by atoms with van der Waals surface area (Å²) in [5, 5.41) is 2.75. The van der Waals surface area contributed by atoms with E-state index in [0.29, 0.717) is 0 Å². The van der Waals surface area contributed by atoms with Crippen LogP contribution in [0.15, 0.2) is 91.0 Å². The molecule has 0 spiro atoms. The molecule has 0 radical (unpaired) electrons. The average Bonchev–Trinajstić information content (AvgIpc) is 2.83. The summed E-state index contributed by atoms with van der Waals surface area (Å²) in [6.07, 6.45) is 0. The molecule has 0 bridgehead atoms. The van der Waals surface area contributed by atoms with Crippen LogP contribution < -0.4 is 10.4 Å². The summed E-state index contributed by atoms with van der Waals surface area (Å²) in [6, 6.07) is 32.2. The summed E-state index contributed by atoms with van der Waals surface area (Å²) < 4.78 is 5.50. The fourth-order valence-electron chi connectivity index (χ4n) is 5.13. The number of hydrogen-bond acceptors (Lipinski definition) is 2. The van der Waals surface area contributed by atoms with Gasteiger partial charge in [-0.1, -0.05) is 134 Å². The van der Waals surface area contributed by atoms with E-state index in [4.69, 9.17) is 4.74 Å². The predicted octanol–water partition coefficient (Wildman–Crippen LogP) is 5.72. The van der Waals surface area contributed by atoms with Crippen molar-refractivity contribution in [1.82, 2.24) is 0 Å². The summed E-state index contributed by atoms with van der Waals surface area (Å²) in [7, 11) is -2.55. The van der Waals surface area contributed by atoms with Crippen molar-refractivity contribution in [3.63, 3.8) is 0 Å². The minimum absolute atomic E-state index is 0.0839. The fourth-order valence-corrected chi connectivity index (χ4v) is 11.9. The van der Waals surface area contributed by atoms with Gasteiger partial charge in [0.1, 0.15) is 0 Å². The zero-order valence-corrected chi connectivity index (χ0v) is 22.2. The van der Waals surface area contributed by atoms with E-state index >= 15 is 0 Å². The number of hydrogen-bond donors (Lipinski definition) is 0. The summed E-state index contributed by atoms with van der Waals surface area (Å²) in [5.74, 6) is -0.287. The molecule has 0 aliphatic rings. The fraction of sp³-hybridized carbons (Fsp3) is 0.321. The molecular formula is C28H36O2Si2. The lowest BCUT2D eigenvalue weighted by atomic mass is 9.95. The Morgan fingerprint density at radius 2 is 1.09 bits per heavy atom. The third-order valence-corrected chi connectivity index (χ3v) is 16.0. The molecule has 0 aromatic heterocycles. The molecule has 32 heavy (non-hydrogen) atoms. The first-order valence-electron chi connectivity index (χ1n) is 11.4. The largest absolute Gasteiger partial charge is 0.469 e. The number of rotatable bonds is 8. The standard InChI is InChI=1S/C28H36O2Si2/c1-22(31(3,4)24-18-12-8-13-19-24)26(28(29)30-2)27(23-16-10-7-11-17-23)32(5,6)25-20-14-9-15-21-25/h7-22,26-27H,1-6H3/t22-,26-,27-/m1/s1. The molecule has 3 aromatic carbocycles. The van der Waals surface area contributed by atoms with Crippen LogP contribution in [0.2, 0.25) is 31.7 Å². The molecule has 0 fully saturated rings. The van der Waals surface area contributed by atoms with Crippen LogP contribution in [0.1, 0.15) is 18.0 Å². The van der Waals surface area contributed by atoms with Crippen LogP contribution in [0, 0.1) is 5.92 Å². The Morgan fingerprint density at radius 3 is 1.53 bits per heavy atom. The summed E-state index contributed by atoms with van der Waals surface area (Å²) in [5.41, 5.74) is 1.57. The Kier molecular flexibility index (Phi) is 7.57. The number of carbonyl (C=O) groups is 1. The van der Waals surface area contributed by atoms with E-state index in [1.165, 1.54) is 23.0 Å². The smallest absolute Gasteiger partial charge is 0.308 e. The van der Waals surface area contributed by atoms with Crippen molar-refractivity contribution in [3.05, 3.63) is 96.6 Å². The van der Waals surface area contributed by atoms with Crippen LogP contribution in [0.3, 0.4) is 0 Å². The second-order valence-corrected chi connectivity index (χ2v) is 19.5. The van der Waals surface area contributed by atoms with Crippen LogP contribution >= 0.6 is 0 Å². The van der Waals surface area contributed by atoms with Crippen LogP contribution in [0.5, 0.6) is 0 Å². The molecule has 3 atom stereocenters. The van der Waals surface area contributed by atoms with E-state index in [-0.39, 0.29) is 23.0 Å². The topological polar surface area (TPSA) is 26.3 Å².